The second-order valence-electron chi connectivity index (χ2n) is 5.70. The van der Waals surface area contributed by atoms with Crippen molar-refractivity contribution >= 4 is 29.1 Å². The van der Waals surface area contributed by atoms with Gasteiger partial charge in [-0.15, -0.1) is 0 Å². The van der Waals surface area contributed by atoms with Crippen molar-refractivity contribution in [1.29, 1.82) is 0 Å². The Hall–Kier alpha value is -3.14. The number of halogens is 1. The standard InChI is InChI=1S/C18H19ClN6O3/c1-2-16(27)22-12-4-3-5-14(8-12)28-17-15(19)10-20-18(24-17)23-13-9-21-25(11-13)6-7-26/h2-5,8,10-11,21,26H,1,6-7,9H2,(H,22,27)(H,20,23,24). The van der Waals surface area contributed by atoms with E-state index in [0.717, 1.165) is 5.70 Å². The van der Waals surface area contributed by atoms with Gasteiger partial charge in [0.2, 0.25) is 17.7 Å². The number of aromatic nitrogens is 2. The first-order valence-corrected chi connectivity index (χ1v) is 8.78. The predicted molar refractivity (Wildman–Crippen MR) is 106 cm³/mol. The lowest BCUT2D eigenvalue weighted by Gasteiger charge is -2.12. The van der Waals surface area contributed by atoms with Gasteiger partial charge in [0.25, 0.3) is 0 Å². The van der Waals surface area contributed by atoms with Crippen LogP contribution in [0.5, 0.6) is 11.6 Å². The van der Waals surface area contributed by atoms with Gasteiger partial charge in [0.1, 0.15) is 10.8 Å². The Balaban J connectivity index is 1.72. The zero-order valence-electron chi connectivity index (χ0n) is 14.9. The number of hydrazine groups is 1. The average molecular weight is 403 g/mol. The zero-order chi connectivity index (χ0) is 19.9. The molecule has 1 aliphatic heterocycles. The molecule has 0 fully saturated rings. The molecule has 1 aliphatic rings. The summed E-state index contributed by atoms with van der Waals surface area (Å²) in [6.07, 6.45) is 4.44. The summed E-state index contributed by atoms with van der Waals surface area (Å²) >= 11 is 6.15. The van der Waals surface area contributed by atoms with E-state index in [0.29, 0.717) is 30.5 Å². The van der Waals surface area contributed by atoms with Crippen LogP contribution in [0.2, 0.25) is 5.02 Å². The molecular formula is C18H19ClN6O3. The van der Waals surface area contributed by atoms with E-state index in [1.54, 1.807) is 29.3 Å². The van der Waals surface area contributed by atoms with Gasteiger partial charge in [-0.25, -0.2) is 10.4 Å². The van der Waals surface area contributed by atoms with Crippen LogP contribution in [0, 0.1) is 0 Å². The first-order chi connectivity index (χ1) is 13.6. The minimum absolute atomic E-state index is 0.0402. The summed E-state index contributed by atoms with van der Waals surface area (Å²) in [6.45, 7) is 4.48. The quantitative estimate of drug-likeness (QED) is 0.497. The van der Waals surface area contributed by atoms with Crippen LogP contribution in [-0.2, 0) is 4.79 Å². The number of anilines is 2. The highest BCUT2D eigenvalue weighted by molar-refractivity contribution is 6.31. The van der Waals surface area contributed by atoms with Crippen LogP contribution in [0.25, 0.3) is 0 Å². The molecule has 0 radical (unpaired) electrons. The first-order valence-electron chi connectivity index (χ1n) is 8.40. The Labute approximate surface area is 166 Å². The summed E-state index contributed by atoms with van der Waals surface area (Å²) in [5, 5.41) is 16.7. The summed E-state index contributed by atoms with van der Waals surface area (Å²) < 4.78 is 5.75. The molecule has 0 bridgehead atoms. The summed E-state index contributed by atoms with van der Waals surface area (Å²) in [5.74, 6) is 0.612. The molecule has 2 aromatic rings. The van der Waals surface area contributed by atoms with E-state index in [1.807, 2.05) is 6.20 Å². The van der Waals surface area contributed by atoms with Gasteiger partial charge < -0.3 is 25.5 Å². The van der Waals surface area contributed by atoms with Gasteiger partial charge in [0.15, 0.2) is 0 Å². The van der Waals surface area contributed by atoms with Crippen molar-refractivity contribution in [3.63, 3.8) is 0 Å². The number of ether oxygens (including phenoxy) is 1. The van der Waals surface area contributed by atoms with Crippen molar-refractivity contribution in [1.82, 2.24) is 20.4 Å². The molecule has 9 nitrogen and oxygen atoms in total. The summed E-state index contributed by atoms with van der Waals surface area (Å²) in [7, 11) is 0. The van der Waals surface area contributed by atoms with Gasteiger partial charge in [0.05, 0.1) is 31.6 Å². The van der Waals surface area contributed by atoms with Crippen molar-refractivity contribution in [3.05, 3.63) is 60.0 Å². The number of hydrogen-bond acceptors (Lipinski definition) is 8. The van der Waals surface area contributed by atoms with Crippen molar-refractivity contribution in [2.24, 2.45) is 0 Å². The number of nitrogens with zero attached hydrogens (tertiary/aromatic N) is 3. The van der Waals surface area contributed by atoms with Gasteiger partial charge in [-0.3, -0.25) is 4.79 Å². The van der Waals surface area contributed by atoms with Crippen molar-refractivity contribution in [2.45, 2.75) is 0 Å². The highest BCUT2D eigenvalue weighted by Crippen LogP contribution is 2.29. The van der Waals surface area contributed by atoms with Crippen LogP contribution in [0.3, 0.4) is 0 Å². The van der Waals surface area contributed by atoms with E-state index in [-0.39, 0.29) is 23.4 Å². The molecule has 10 heteroatoms. The van der Waals surface area contributed by atoms with Crippen molar-refractivity contribution in [2.75, 3.05) is 30.3 Å². The Morgan fingerprint density at radius 2 is 2.36 bits per heavy atom. The minimum Gasteiger partial charge on any atom is -0.437 e. The smallest absolute Gasteiger partial charge is 0.247 e. The molecule has 1 aromatic heterocycles. The minimum atomic E-state index is -0.322. The molecular weight excluding hydrogens is 384 g/mol. The number of nitrogens with one attached hydrogen (secondary N) is 3. The number of rotatable bonds is 8. The monoisotopic (exact) mass is 402 g/mol. The maximum Gasteiger partial charge on any atom is 0.247 e. The first kappa shape index (κ1) is 19.6. The van der Waals surface area contributed by atoms with E-state index in [1.165, 1.54) is 12.3 Å². The SMILES string of the molecule is C=CC(=O)Nc1cccc(Oc2nc(NC3=CN(CCO)NC3)ncc2Cl)c1. The maximum absolute atomic E-state index is 11.4. The molecule has 1 amide bonds. The molecule has 146 valence electrons. The van der Waals surface area contributed by atoms with Gasteiger partial charge in [-0.1, -0.05) is 24.2 Å². The van der Waals surface area contributed by atoms with Crippen molar-refractivity contribution in [3.8, 4) is 11.6 Å². The fourth-order valence-corrected chi connectivity index (χ4v) is 2.49. The van der Waals surface area contributed by atoms with E-state index in [4.69, 9.17) is 21.4 Å². The highest BCUT2D eigenvalue weighted by Gasteiger charge is 2.14. The van der Waals surface area contributed by atoms with Crippen LogP contribution in [0.15, 0.2) is 55.0 Å². The number of aliphatic hydroxyl groups excluding tert-OH is 1. The molecule has 0 atom stereocenters. The Kier molecular flexibility index (Phi) is 6.43. The van der Waals surface area contributed by atoms with Crippen LogP contribution >= 0.6 is 11.6 Å². The van der Waals surface area contributed by atoms with E-state index in [9.17, 15) is 4.79 Å². The molecule has 0 saturated heterocycles. The third kappa shape index (κ3) is 5.19. The fourth-order valence-electron chi connectivity index (χ4n) is 2.36. The molecule has 4 N–H and O–H groups in total. The van der Waals surface area contributed by atoms with E-state index in [2.05, 4.69) is 32.6 Å². The number of carbonyl (C=O) groups excluding carboxylic acids is 1. The predicted octanol–water partition coefficient (Wildman–Crippen LogP) is 2.11. The lowest BCUT2D eigenvalue weighted by Crippen LogP contribution is -2.31. The molecule has 0 aliphatic carbocycles. The number of hydrogen-bond donors (Lipinski definition) is 4. The second kappa shape index (κ2) is 9.18. The lowest BCUT2D eigenvalue weighted by atomic mass is 10.3. The molecule has 0 saturated carbocycles. The molecule has 2 heterocycles. The third-order valence-corrected chi connectivity index (χ3v) is 3.87. The fraction of sp³-hybridized carbons (Fsp3) is 0.167. The van der Waals surface area contributed by atoms with Crippen LogP contribution in [0.1, 0.15) is 0 Å². The number of benzene rings is 1. The highest BCUT2D eigenvalue weighted by atomic mass is 35.5. The maximum atomic E-state index is 11.4. The van der Waals surface area contributed by atoms with E-state index >= 15 is 0 Å². The number of aliphatic hydroxyl groups is 1. The van der Waals surface area contributed by atoms with Crippen LogP contribution in [-0.4, -0.2) is 45.7 Å². The second-order valence-corrected chi connectivity index (χ2v) is 6.11. The Morgan fingerprint density at radius 1 is 1.50 bits per heavy atom. The lowest BCUT2D eigenvalue weighted by molar-refractivity contribution is -0.111. The van der Waals surface area contributed by atoms with Gasteiger partial charge in [0, 0.05) is 18.0 Å². The van der Waals surface area contributed by atoms with Crippen LogP contribution in [0.4, 0.5) is 11.6 Å². The Morgan fingerprint density at radius 3 is 3.14 bits per heavy atom. The molecule has 1 aromatic carbocycles. The van der Waals surface area contributed by atoms with Crippen molar-refractivity contribution < 1.29 is 14.6 Å². The Bertz CT molecular complexity index is 905. The average Bonchev–Trinajstić information content (AvgIpc) is 3.12. The van der Waals surface area contributed by atoms with Gasteiger partial charge in [-0.05, 0) is 18.2 Å². The zero-order valence-corrected chi connectivity index (χ0v) is 15.6. The number of amides is 1. The van der Waals surface area contributed by atoms with E-state index < -0.39 is 0 Å². The number of β-amino-alcohol motifs (C(OH)–C–C–N with tert-alkyl or cyclic N) is 1. The summed E-state index contributed by atoms with van der Waals surface area (Å²) in [5.41, 5.74) is 4.47. The third-order valence-electron chi connectivity index (χ3n) is 3.61. The summed E-state index contributed by atoms with van der Waals surface area (Å²) in [4.78, 5) is 19.9. The molecule has 0 unspecified atom stereocenters. The number of carbonyl (C=O) groups is 1. The summed E-state index contributed by atoms with van der Waals surface area (Å²) in [6, 6.07) is 6.81. The largest absolute Gasteiger partial charge is 0.437 e. The van der Waals surface area contributed by atoms with Gasteiger partial charge in [-0.2, -0.15) is 4.98 Å². The molecule has 0 spiro atoms. The molecule has 28 heavy (non-hydrogen) atoms. The normalized spacial score (nSPS) is 13.1. The van der Waals surface area contributed by atoms with Crippen LogP contribution < -0.4 is 20.8 Å². The molecule has 3 rings (SSSR count). The topological polar surface area (TPSA) is 112 Å². The van der Waals surface area contributed by atoms with Gasteiger partial charge >= 0.3 is 0 Å².